The third kappa shape index (κ3) is 2.00. The molecule has 5 rings (SSSR count). The maximum Gasteiger partial charge on any atom is 0.312 e. The number of methoxy groups -OCH3 is 1. The van der Waals surface area contributed by atoms with Gasteiger partial charge in [0.25, 0.3) is 0 Å². The van der Waals surface area contributed by atoms with Gasteiger partial charge in [-0.15, -0.1) is 0 Å². The Morgan fingerprint density at radius 2 is 2.30 bits per heavy atom. The van der Waals surface area contributed by atoms with Crippen molar-refractivity contribution in [1.82, 2.24) is 0 Å². The Hall–Kier alpha value is -2.05. The Kier molecular flexibility index (Phi) is 3.62. The van der Waals surface area contributed by atoms with Gasteiger partial charge in [0.2, 0.25) is 0 Å². The highest BCUT2D eigenvalue weighted by Gasteiger charge is 2.70. The molecule has 1 saturated carbocycles. The van der Waals surface area contributed by atoms with Gasteiger partial charge in [-0.1, -0.05) is 12.5 Å². The first kappa shape index (κ1) is 17.1. The number of hydrogen-bond donors (Lipinski definition) is 2. The predicted octanol–water partition coefficient (Wildman–Crippen LogP) is 1.96. The molecule has 27 heavy (non-hydrogen) atoms. The number of ether oxygens (including phenoxy) is 3. The van der Waals surface area contributed by atoms with Crippen molar-refractivity contribution in [2.45, 2.75) is 55.6 Å². The Bertz CT molecular complexity index is 849. The molecule has 0 radical (unpaired) electrons. The van der Waals surface area contributed by atoms with E-state index in [0.29, 0.717) is 23.7 Å². The van der Waals surface area contributed by atoms with E-state index in [9.17, 15) is 9.90 Å². The average molecular weight is 371 g/mol. The molecule has 144 valence electrons. The number of carbonyl (C=O) groups excluding carboxylic acids is 1. The fourth-order valence-electron chi connectivity index (χ4n) is 5.98. The van der Waals surface area contributed by atoms with Crippen LogP contribution in [0.15, 0.2) is 24.0 Å². The van der Waals surface area contributed by atoms with Gasteiger partial charge in [0.1, 0.15) is 5.76 Å². The van der Waals surface area contributed by atoms with Crippen LogP contribution >= 0.6 is 0 Å². The summed E-state index contributed by atoms with van der Waals surface area (Å²) in [6.45, 7) is 0.243. The number of carbonyl (C=O) groups is 1. The minimum absolute atomic E-state index is 0.158. The molecule has 1 heterocycles. The van der Waals surface area contributed by atoms with Gasteiger partial charge in [-0.3, -0.25) is 4.79 Å². The van der Waals surface area contributed by atoms with Crippen LogP contribution in [0.4, 0.5) is 0 Å². The Morgan fingerprint density at radius 1 is 1.44 bits per heavy atom. The molecule has 4 atom stereocenters. The highest BCUT2D eigenvalue weighted by Crippen LogP contribution is 2.67. The molecule has 0 unspecified atom stereocenters. The third-order valence-corrected chi connectivity index (χ3v) is 7.05. The van der Waals surface area contributed by atoms with Crippen molar-refractivity contribution in [2.24, 2.45) is 11.7 Å². The Morgan fingerprint density at radius 3 is 3.07 bits per heavy atom. The summed E-state index contributed by atoms with van der Waals surface area (Å²) in [5.41, 5.74) is 6.30. The van der Waals surface area contributed by atoms with Gasteiger partial charge in [-0.05, 0) is 49.3 Å². The van der Waals surface area contributed by atoms with E-state index in [1.165, 1.54) is 5.56 Å². The zero-order valence-corrected chi connectivity index (χ0v) is 15.5. The smallest absolute Gasteiger partial charge is 0.312 e. The van der Waals surface area contributed by atoms with E-state index in [0.717, 1.165) is 31.2 Å². The first-order valence-electron chi connectivity index (χ1n) is 9.75. The molecule has 0 saturated heterocycles. The summed E-state index contributed by atoms with van der Waals surface area (Å²) in [7, 11) is 1.62. The molecule has 3 aliphatic carbocycles. The van der Waals surface area contributed by atoms with Crippen molar-refractivity contribution in [3.8, 4) is 11.5 Å². The van der Waals surface area contributed by atoms with E-state index in [1.54, 1.807) is 7.11 Å². The lowest BCUT2D eigenvalue weighted by Crippen LogP contribution is -2.67. The van der Waals surface area contributed by atoms with Crippen LogP contribution in [-0.4, -0.2) is 36.4 Å². The van der Waals surface area contributed by atoms with Gasteiger partial charge in [0, 0.05) is 12.1 Å². The van der Waals surface area contributed by atoms with E-state index in [4.69, 9.17) is 19.9 Å². The van der Waals surface area contributed by atoms with Gasteiger partial charge in [0.15, 0.2) is 17.6 Å². The van der Waals surface area contributed by atoms with Gasteiger partial charge < -0.3 is 25.1 Å². The monoisotopic (exact) mass is 371 g/mol. The minimum Gasteiger partial charge on any atom is -0.493 e. The van der Waals surface area contributed by atoms with Crippen LogP contribution in [0.5, 0.6) is 11.5 Å². The minimum atomic E-state index is -0.885. The van der Waals surface area contributed by atoms with Crippen LogP contribution in [0.3, 0.4) is 0 Å². The molecule has 1 spiro atoms. The van der Waals surface area contributed by atoms with E-state index in [1.807, 2.05) is 12.1 Å². The lowest BCUT2D eigenvalue weighted by molar-refractivity contribution is -0.159. The fraction of sp³-hybridized carbons (Fsp3) is 0.571. The average Bonchev–Trinajstić information content (AvgIpc) is 2.98. The van der Waals surface area contributed by atoms with E-state index in [2.05, 4.69) is 6.07 Å². The molecule has 3 N–H and O–H groups in total. The summed E-state index contributed by atoms with van der Waals surface area (Å²) in [4.78, 5) is 12.1. The van der Waals surface area contributed by atoms with Gasteiger partial charge in [-0.2, -0.15) is 0 Å². The summed E-state index contributed by atoms with van der Waals surface area (Å²) in [6, 6.07) is 4.04. The van der Waals surface area contributed by atoms with Crippen LogP contribution in [0, 0.1) is 5.92 Å². The molecule has 1 aromatic carbocycles. The highest BCUT2D eigenvalue weighted by atomic mass is 16.6. The SMILES string of the molecule is COc1ccc2c3c1O[C@H]1C(OC(=O)CCN)=CC[C@@]4(O)[C@H](CCC[C@]314)C2. The third-order valence-electron chi connectivity index (χ3n) is 7.05. The number of aliphatic hydroxyl groups is 1. The zero-order valence-electron chi connectivity index (χ0n) is 15.5. The second-order valence-electron chi connectivity index (χ2n) is 8.14. The summed E-state index contributed by atoms with van der Waals surface area (Å²) in [5.74, 6) is 1.69. The van der Waals surface area contributed by atoms with Crippen molar-refractivity contribution in [1.29, 1.82) is 0 Å². The molecule has 0 amide bonds. The van der Waals surface area contributed by atoms with Crippen LogP contribution in [0.2, 0.25) is 0 Å². The first-order chi connectivity index (χ1) is 13.0. The second-order valence-corrected chi connectivity index (χ2v) is 8.14. The van der Waals surface area contributed by atoms with Crippen LogP contribution in [0.25, 0.3) is 0 Å². The summed E-state index contributed by atoms with van der Waals surface area (Å²) < 4.78 is 17.6. The Labute approximate surface area is 158 Å². The van der Waals surface area contributed by atoms with Gasteiger partial charge in [0.05, 0.1) is 24.5 Å². The molecule has 1 aliphatic heterocycles. The highest BCUT2D eigenvalue weighted by molar-refractivity contribution is 5.72. The van der Waals surface area contributed by atoms with Crippen molar-refractivity contribution >= 4 is 5.97 Å². The van der Waals surface area contributed by atoms with E-state index >= 15 is 0 Å². The number of nitrogens with two attached hydrogens (primary N) is 1. The number of benzene rings is 1. The maximum atomic E-state index is 12.1. The molecular formula is C21H25NO5. The second kappa shape index (κ2) is 5.72. The summed E-state index contributed by atoms with van der Waals surface area (Å²) in [6.07, 6.45) is 5.64. The van der Waals surface area contributed by atoms with Crippen molar-refractivity contribution < 1.29 is 24.1 Å². The molecular weight excluding hydrogens is 346 g/mol. The van der Waals surface area contributed by atoms with Crippen LogP contribution in [0.1, 0.15) is 43.2 Å². The first-order valence-corrected chi connectivity index (χ1v) is 9.75. The molecule has 0 aromatic heterocycles. The Balaban J connectivity index is 1.69. The quantitative estimate of drug-likeness (QED) is 0.787. The summed E-state index contributed by atoms with van der Waals surface area (Å²) >= 11 is 0. The fourth-order valence-corrected chi connectivity index (χ4v) is 5.98. The number of esters is 1. The van der Waals surface area contributed by atoms with E-state index < -0.39 is 17.1 Å². The number of rotatable bonds is 4. The predicted molar refractivity (Wildman–Crippen MR) is 97.5 cm³/mol. The van der Waals surface area contributed by atoms with E-state index in [-0.39, 0.29) is 24.9 Å². The van der Waals surface area contributed by atoms with Gasteiger partial charge in [-0.25, -0.2) is 0 Å². The maximum absolute atomic E-state index is 12.1. The van der Waals surface area contributed by atoms with Crippen LogP contribution < -0.4 is 15.2 Å². The summed E-state index contributed by atoms with van der Waals surface area (Å²) in [5, 5.41) is 11.9. The molecule has 6 nitrogen and oxygen atoms in total. The lowest BCUT2D eigenvalue weighted by atomic mass is 9.47. The molecule has 6 heteroatoms. The van der Waals surface area contributed by atoms with Crippen molar-refractivity contribution in [3.05, 3.63) is 35.1 Å². The van der Waals surface area contributed by atoms with Crippen molar-refractivity contribution in [3.63, 3.8) is 0 Å². The zero-order chi connectivity index (χ0) is 18.8. The largest absolute Gasteiger partial charge is 0.493 e. The van der Waals surface area contributed by atoms with Crippen LogP contribution in [-0.2, 0) is 21.4 Å². The lowest BCUT2D eigenvalue weighted by Gasteiger charge is -2.59. The topological polar surface area (TPSA) is 91.0 Å². The molecule has 1 aromatic rings. The molecule has 1 fully saturated rings. The molecule has 2 bridgehead atoms. The van der Waals surface area contributed by atoms with Crippen molar-refractivity contribution in [2.75, 3.05) is 13.7 Å². The molecule has 4 aliphatic rings. The normalized spacial score (nSPS) is 35.0. The van der Waals surface area contributed by atoms with Gasteiger partial charge >= 0.3 is 5.97 Å². The number of hydrogen-bond acceptors (Lipinski definition) is 6. The standard InChI is InChI=1S/C21H25NO5/c1-25-14-5-4-12-11-13-3-2-8-20-17(12)18(14)27-19(20)15(6-9-21(13,20)24)26-16(23)7-10-22/h4-6,13,19,24H,2-3,7-11,22H2,1H3/t13-,19+,20+,21-/m1/s1.